The highest BCUT2D eigenvalue weighted by atomic mass is 16.2. The van der Waals surface area contributed by atoms with Crippen LogP contribution in [0.3, 0.4) is 0 Å². The van der Waals surface area contributed by atoms with Crippen molar-refractivity contribution in [3.63, 3.8) is 0 Å². The molecule has 0 aromatic rings. The Morgan fingerprint density at radius 2 is 1.90 bits per heavy atom. The zero-order valence-electron chi connectivity index (χ0n) is 21.0. The summed E-state index contributed by atoms with van der Waals surface area (Å²) in [6, 6.07) is 1.19. The molecule has 1 aliphatic heterocycles. The molecule has 5 aliphatic rings. The molecule has 8 unspecified atom stereocenters. The van der Waals surface area contributed by atoms with Crippen LogP contribution in [0.4, 0.5) is 0 Å². The average Bonchev–Trinajstić information content (AvgIpc) is 3.20. The Kier molecular flexibility index (Phi) is 5.39. The number of amides is 1. The number of hydrogen-bond acceptors (Lipinski definition) is 2. The summed E-state index contributed by atoms with van der Waals surface area (Å²) < 4.78 is 0. The molecule has 0 bridgehead atoms. The van der Waals surface area contributed by atoms with Gasteiger partial charge in [-0.1, -0.05) is 32.4 Å². The van der Waals surface area contributed by atoms with Crippen LogP contribution in [0.15, 0.2) is 11.6 Å². The lowest BCUT2D eigenvalue weighted by molar-refractivity contribution is -0.133. The first kappa shape index (κ1) is 22.0. The number of hydrogen-bond donors (Lipinski definition) is 0. The molecule has 3 saturated carbocycles. The molecular weight excluding hydrogens is 380 g/mol. The summed E-state index contributed by atoms with van der Waals surface area (Å²) in [4.78, 5) is 17.5. The molecule has 3 heteroatoms. The highest BCUT2D eigenvalue weighted by molar-refractivity contribution is 5.76. The molecule has 174 valence electrons. The second-order valence-corrected chi connectivity index (χ2v) is 12.9. The monoisotopic (exact) mass is 426 g/mol. The molecule has 5 rings (SSSR count). The SMILES string of the molecule is CC(C)CC(=O)N(C)C1CCC2(C)C(=CCC3C2CCC24CN(C)C(C)C2CCC34)C1. The van der Waals surface area contributed by atoms with E-state index in [0.29, 0.717) is 35.1 Å². The van der Waals surface area contributed by atoms with Crippen molar-refractivity contribution in [1.29, 1.82) is 0 Å². The number of likely N-dealkylation sites (tertiary alicyclic amines) is 1. The van der Waals surface area contributed by atoms with Crippen LogP contribution >= 0.6 is 0 Å². The van der Waals surface area contributed by atoms with Crippen molar-refractivity contribution in [2.75, 3.05) is 20.6 Å². The van der Waals surface area contributed by atoms with Crippen LogP contribution in [0.5, 0.6) is 0 Å². The van der Waals surface area contributed by atoms with Gasteiger partial charge in [0.15, 0.2) is 0 Å². The van der Waals surface area contributed by atoms with Crippen molar-refractivity contribution in [3.8, 4) is 0 Å². The van der Waals surface area contributed by atoms with E-state index in [0.717, 1.165) is 36.1 Å². The molecule has 1 saturated heterocycles. The van der Waals surface area contributed by atoms with E-state index in [2.05, 4.69) is 57.7 Å². The number of carbonyl (C=O) groups excluding carboxylic acids is 1. The summed E-state index contributed by atoms with van der Waals surface area (Å²) in [7, 11) is 4.43. The summed E-state index contributed by atoms with van der Waals surface area (Å²) in [5, 5.41) is 0. The highest BCUT2D eigenvalue weighted by Gasteiger charge is 2.64. The minimum absolute atomic E-state index is 0.342. The second-order valence-electron chi connectivity index (χ2n) is 12.9. The van der Waals surface area contributed by atoms with E-state index in [-0.39, 0.29) is 0 Å². The van der Waals surface area contributed by atoms with Crippen LogP contribution in [-0.4, -0.2) is 48.4 Å². The molecule has 0 N–H and O–H groups in total. The number of nitrogens with zero attached hydrogens (tertiary/aromatic N) is 2. The zero-order valence-corrected chi connectivity index (χ0v) is 21.0. The minimum atomic E-state index is 0.342. The van der Waals surface area contributed by atoms with Crippen LogP contribution < -0.4 is 0 Å². The van der Waals surface area contributed by atoms with Gasteiger partial charge in [0.05, 0.1) is 0 Å². The lowest BCUT2D eigenvalue weighted by Gasteiger charge is -2.58. The molecule has 0 aromatic carbocycles. The van der Waals surface area contributed by atoms with Crippen molar-refractivity contribution in [2.45, 2.75) is 97.6 Å². The van der Waals surface area contributed by atoms with Gasteiger partial charge in [0, 0.05) is 32.1 Å². The predicted molar refractivity (Wildman–Crippen MR) is 128 cm³/mol. The molecule has 0 aromatic heterocycles. The molecule has 31 heavy (non-hydrogen) atoms. The van der Waals surface area contributed by atoms with Gasteiger partial charge in [-0.3, -0.25) is 4.79 Å². The van der Waals surface area contributed by atoms with E-state index in [9.17, 15) is 4.79 Å². The largest absolute Gasteiger partial charge is 0.342 e. The van der Waals surface area contributed by atoms with Gasteiger partial charge in [0.1, 0.15) is 0 Å². The Balaban J connectivity index is 1.35. The van der Waals surface area contributed by atoms with Gasteiger partial charge in [-0.15, -0.1) is 0 Å². The average molecular weight is 427 g/mol. The fourth-order valence-electron chi connectivity index (χ4n) is 9.47. The molecule has 3 nitrogen and oxygen atoms in total. The minimum Gasteiger partial charge on any atom is -0.342 e. The summed E-state index contributed by atoms with van der Waals surface area (Å²) in [6.45, 7) is 10.8. The van der Waals surface area contributed by atoms with Crippen molar-refractivity contribution >= 4 is 5.91 Å². The summed E-state index contributed by atoms with van der Waals surface area (Å²) in [6.07, 6.45) is 14.1. The zero-order chi connectivity index (χ0) is 22.1. The first-order chi connectivity index (χ1) is 14.7. The molecule has 0 radical (unpaired) electrons. The molecule has 8 atom stereocenters. The van der Waals surface area contributed by atoms with Gasteiger partial charge in [-0.25, -0.2) is 0 Å². The van der Waals surface area contributed by atoms with Gasteiger partial charge >= 0.3 is 0 Å². The highest BCUT2D eigenvalue weighted by Crippen LogP contribution is 2.68. The van der Waals surface area contributed by atoms with E-state index in [4.69, 9.17) is 0 Å². The Morgan fingerprint density at radius 1 is 1.16 bits per heavy atom. The smallest absolute Gasteiger partial charge is 0.222 e. The molecule has 4 aliphatic carbocycles. The third-order valence-corrected chi connectivity index (χ3v) is 11.2. The van der Waals surface area contributed by atoms with Crippen LogP contribution in [0, 0.1) is 40.4 Å². The maximum atomic E-state index is 12.7. The van der Waals surface area contributed by atoms with E-state index < -0.39 is 0 Å². The van der Waals surface area contributed by atoms with Crippen molar-refractivity contribution < 1.29 is 4.79 Å². The molecule has 1 heterocycles. The number of rotatable bonds is 3. The maximum Gasteiger partial charge on any atom is 0.222 e. The Bertz CT molecular complexity index is 758. The normalized spacial score (nSPS) is 46.7. The Hall–Kier alpha value is -0.830. The molecule has 4 fully saturated rings. The van der Waals surface area contributed by atoms with Crippen LogP contribution in [0.1, 0.15) is 85.5 Å². The molecule has 1 spiro atoms. The summed E-state index contributed by atoms with van der Waals surface area (Å²) in [5.74, 6) is 4.46. The van der Waals surface area contributed by atoms with Crippen LogP contribution in [0.2, 0.25) is 0 Å². The van der Waals surface area contributed by atoms with Gasteiger partial charge < -0.3 is 9.80 Å². The van der Waals surface area contributed by atoms with E-state index in [1.54, 1.807) is 5.57 Å². The van der Waals surface area contributed by atoms with Crippen molar-refractivity contribution in [3.05, 3.63) is 11.6 Å². The lowest BCUT2D eigenvalue weighted by atomic mass is 9.47. The first-order valence-corrected chi connectivity index (χ1v) is 13.3. The summed E-state index contributed by atoms with van der Waals surface area (Å²) in [5.41, 5.74) is 2.71. The second kappa shape index (κ2) is 7.61. The Labute approximate surface area is 191 Å². The topological polar surface area (TPSA) is 23.6 Å². The van der Waals surface area contributed by atoms with E-state index >= 15 is 0 Å². The lowest BCUT2D eigenvalue weighted by Crippen LogP contribution is -2.53. The van der Waals surface area contributed by atoms with E-state index in [1.165, 1.54) is 51.5 Å². The predicted octanol–water partition coefficient (Wildman–Crippen LogP) is 5.75. The quantitative estimate of drug-likeness (QED) is 0.536. The third kappa shape index (κ3) is 3.19. The molecular formula is C28H46N2O. The maximum absolute atomic E-state index is 12.7. The van der Waals surface area contributed by atoms with Crippen LogP contribution in [-0.2, 0) is 4.79 Å². The van der Waals surface area contributed by atoms with Crippen molar-refractivity contribution in [2.24, 2.45) is 40.4 Å². The number of allylic oxidation sites excluding steroid dienone is 1. The standard InChI is InChI=1S/C28H46N2O/c1-18(2)15-26(31)30(6)21-11-13-27(4)20(16-21)7-8-22-24(27)12-14-28-17-29(5)19(3)23(28)9-10-25(22)28/h7,18-19,21-25H,8-17H2,1-6H3. The summed E-state index contributed by atoms with van der Waals surface area (Å²) >= 11 is 0. The number of carbonyl (C=O) groups is 1. The van der Waals surface area contributed by atoms with Crippen molar-refractivity contribution in [1.82, 2.24) is 9.80 Å². The fraction of sp³-hybridized carbons (Fsp3) is 0.893. The Morgan fingerprint density at radius 3 is 2.65 bits per heavy atom. The van der Waals surface area contributed by atoms with Gasteiger partial charge in [-0.05, 0) is 106 Å². The third-order valence-electron chi connectivity index (χ3n) is 11.2. The van der Waals surface area contributed by atoms with Gasteiger partial charge in [0.2, 0.25) is 5.91 Å². The number of fused-ring (bicyclic) bond motifs is 4. The van der Waals surface area contributed by atoms with E-state index in [1.807, 2.05) is 0 Å². The fourth-order valence-corrected chi connectivity index (χ4v) is 9.47. The van der Waals surface area contributed by atoms with Crippen LogP contribution in [0.25, 0.3) is 0 Å². The first-order valence-electron chi connectivity index (χ1n) is 13.3. The van der Waals surface area contributed by atoms with Gasteiger partial charge in [-0.2, -0.15) is 0 Å². The molecule has 1 amide bonds. The van der Waals surface area contributed by atoms with Gasteiger partial charge in [0.25, 0.3) is 0 Å².